The normalized spacial score (nSPS) is 18.6. The summed E-state index contributed by atoms with van der Waals surface area (Å²) in [5, 5.41) is 0. The number of rotatable bonds is 1. The van der Waals surface area contributed by atoms with E-state index in [1.807, 2.05) is 4.90 Å². The summed E-state index contributed by atoms with van der Waals surface area (Å²) >= 11 is 0. The Bertz CT molecular complexity index is 308. The maximum Gasteiger partial charge on any atom is 0.165 e. The second kappa shape index (κ2) is 3.92. The number of hydrogen-bond acceptors (Lipinski definition) is 3. The minimum atomic E-state index is -0.225. The van der Waals surface area contributed by atoms with Gasteiger partial charge in [0.15, 0.2) is 11.6 Å². The van der Waals surface area contributed by atoms with Gasteiger partial charge in [0.2, 0.25) is 0 Å². The average molecular weight is 195 g/mol. The van der Waals surface area contributed by atoms with Crippen LogP contribution >= 0.6 is 0 Å². The van der Waals surface area contributed by atoms with Crippen molar-refractivity contribution in [2.75, 3.05) is 38.1 Å². The smallest absolute Gasteiger partial charge is 0.165 e. The van der Waals surface area contributed by atoms with Crippen molar-refractivity contribution in [3.8, 4) is 0 Å². The first kappa shape index (κ1) is 9.40. The Morgan fingerprint density at radius 2 is 2.00 bits per heavy atom. The lowest BCUT2D eigenvalue weighted by Crippen LogP contribution is -2.45. The quantitative estimate of drug-likeness (QED) is 0.665. The summed E-state index contributed by atoms with van der Waals surface area (Å²) in [6.07, 6.45) is 1.64. The van der Waals surface area contributed by atoms with Crippen LogP contribution in [0.2, 0.25) is 0 Å². The number of hydrogen-bond donors (Lipinski definition) is 0. The van der Waals surface area contributed by atoms with Crippen LogP contribution in [0.5, 0.6) is 0 Å². The zero-order valence-electron chi connectivity index (χ0n) is 8.28. The third-order valence-electron chi connectivity index (χ3n) is 2.54. The first-order valence-corrected chi connectivity index (χ1v) is 4.81. The van der Waals surface area contributed by atoms with Crippen molar-refractivity contribution >= 4 is 5.82 Å². The molecule has 0 saturated carbocycles. The van der Waals surface area contributed by atoms with Gasteiger partial charge < -0.3 is 9.80 Å². The molecular weight excluding hydrogens is 181 g/mol. The highest BCUT2D eigenvalue weighted by molar-refractivity contribution is 5.39. The largest absolute Gasteiger partial charge is 0.352 e. The van der Waals surface area contributed by atoms with E-state index >= 15 is 0 Å². The second-order valence-electron chi connectivity index (χ2n) is 3.60. The Morgan fingerprint density at radius 1 is 1.29 bits per heavy atom. The van der Waals surface area contributed by atoms with E-state index in [2.05, 4.69) is 16.9 Å². The van der Waals surface area contributed by atoms with Crippen molar-refractivity contribution in [3.63, 3.8) is 0 Å². The molecule has 0 spiro atoms. The van der Waals surface area contributed by atoms with Crippen LogP contribution in [0.15, 0.2) is 18.3 Å². The third-order valence-corrected chi connectivity index (χ3v) is 2.54. The fraction of sp³-hybridized carbons (Fsp3) is 0.500. The fourth-order valence-corrected chi connectivity index (χ4v) is 1.63. The number of pyridine rings is 1. The standard InChI is InChI=1S/C10H14FN3/c1-13-5-7-14(8-6-13)10-9(11)3-2-4-12-10/h2-4H,5-8H2,1H3. The van der Waals surface area contributed by atoms with Gasteiger partial charge in [0.05, 0.1) is 0 Å². The van der Waals surface area contributed by atoms with Crippen LogP contribution in [0.25, 0.3) is 0 Å². The Morgan fingerprint density at radius 3 is 2.64 bits per heavy atom. The van der Waals surface area contributed by atoms with Crippen molar-refractivity contribution in [2.45, 2.75) is 0 Å². The van der Waals surface area contributed by atoms with Crippen LogP contribution in [-0.2, 0) is 0 Å². The molecule has 1 aliphatic rings. The minimum Gasteiger partial charge on any atom is -0.352 e. The van der Waals surface area contributed by atoms with Gasteiger partial charge in [-0.3, -0.25) is 0 Å². The maximum absolute atomic E-state index is 13.4. The van der Waals surface area contributed by atoms with E-state index in [1.54, 1.807) is 12.3 Å². The van der Waals surface area contributed by atoms with Crippen LogP contribution in [-0.4, -0.2) is 43.1 Å². The Hall–Kier alpha value is -1.16. The molecule has 1 aromatic rings. The van der Waals surface area contributed by atoms with Gasteiger partial charge in [-0.25, -0.2) is 9.37 Å². The molecule has 0 unspecified atom stereocenters. The van der Waals surface area contributed by atoms with Crippen molar-refractivity contribution in [3.05, 3.63) is 24.1 Å². The van der Waals surface area contributed by atoms with Gasteiger partial charge in [-0.15, -0.1) is 0 Å². The maximum atomic E-state index is 13.4. The Labute approximate surface area is 83.2 Å². The molecule has 1 fully saturated rings. The van der Waals surface area contributed by atoms with Gasteiger partial charge in [-0.1, -0.05) is 0 Å². The molecule has 1 aliphatic heterocycles. The highest BCUT2D eigenvalue weighted by Crippen LogP contribution is 2.16. The molecule has 1 aromatic heterocycles. The summed E-state index contributed by atoms with van der Waals surface area (Å²) in [6.45, 7) is 3.64. The number of piperazine rings is 1. The highest BCUT2D eigenvalue weighted by Gasteiger charge is 2.17. The van der Waals surface area contributed by atoms with Crippen molar-refractivity contribution < 1.29 is 4.39 Å². The lowest BCUT2D eigenvalue weighted by molar-refractivity contribution is 0.310. The molecule has 14 heavy (non-hydrogen) atoms. The Balaban J connectivity index is 2.12. The molecule has 76 valence electrons. The molecule has 2 heterocycles. The third kappa shape index (κ3) is 1.85. The number of nitrogens with zero attached hydrogens (tertiary/aromatic N) is 3. The zero-order chi connectivity index (χ0) is 9.97. The number of halogens is 1. The van der Waals surface area contributed by atoms with Crippen LogP contribution in [0.1, 0.15) is 0 Å². The predicted octanol–water partition coefficient (Wildman–Crippen LogP) is 0.972. The molecular formula is C10H14FN3. The van der Waals surface area contributed by atoms with E-state index in [0.717, 1.165) is 26.2 Å². The van der Waals surface area contributed by atoms with Gasteiger partial charge in [-0.2, -0.15) is 0 Å². The molecule has 4 heteroatoms. The van der Waals surface area contributed by atoms with Crippen LogP contribution in [0.3, 0.4) is 0 Å². The van der Waals surface area contributed by atoms with Gasteiger partial charge >= 0.3 is 0 Å². The molecule has 0 N–H and O–H groups in total. The lowest BCUT2D eigenvalue weighted by Gasteiger charge is -2.33. The first-order chi connectivity index (χ1) is 6.77. The van der Waals surface area contributed by atoms with Gasteiger partial charge in [0.25, 0.3) is 0 Å². The summed E-state index contributed by atoms with van der Waals surface area (Å²) in [5.41, 5.74) is 0. The van der Waals surface area contributed by atoms with E-state index in [1.165, 1.54) is 6.07 Å². The van der Waals surface area contributed by atoms with Gasteiger partial charge in [0.1, 0.15) is 0 Å². The van der Waals surface area contributed by atoms with Gasteiger partial charge in [-0.05, 0) is 19.2 Å². The van der Waals surface area contributed by atoms with Crippen LogP contribution < -0.4 is 4.90 Å². The molecule has 1 saturated heterocycles. The molecule has 0 atom stereocenters. The van der Waals surface area contributed by atoms with E-state index in [9.17, 15) is 4.39 Å². The van der Waals surface area contributed by atoms with E-state index in [0.29, 0.717) is 5.82 Å². The van der Waals surface area contributed by atoms with Crippen LogP contribution in [0.4, 0.5) is 10.2 Å². The molecule has 0 bridgehead atoms. The highest BCUT2D eigenvalue weighted by atomic mass is 19.1. The van der Waals surface area contributed by atoms with Crippen molar-refractivity contribution in [2.24, 2.45) is 0 Å². The first-order valence-electron chi connectivity index (χ1n) is 4.81. The minimum absolute atomic E-state index is 0.225. The number of anilines is 1. The summed E-state index contributed by atoms with van der Waals surface area (Å²) in [7, 11) is 2.08. The fourth-order valence-electron chi connectivity index (χ4n) is 1.63. The summed E-state index contributed by atoms with van der Waals surface area (Å²) in [6, 6.07) is 3.08. The predicted molar refractivity (Wildman–Crippen MR) is 53.9 cm³/mol. The van der Waals surface area contributed by atoms with Crippen molar-refractivity contribution in [1.29, 1.82) is 0 Å². The molecule has 2 rings (SSSR count). The lowest BCUT2D eigenvalue weighted by atomic mass is 10.3. The number of likely N-dealkylation sites (N-methyl/N-ethyl adjacent to an activating group) is 1. The second-order valence-corrected chi connectivity index (χ2v) is 3.60. The van der Waals surface area contributed by atoms with Crippen LogP contribution in [0, 0.1) is 5.82 Å². The summed E-state index contributed by atoms with van der Waals surface area (Å²) in [5.74, 6) is 0.262. The number of aromatic nitrogens is 1. The molecule has 0 radical (unpaired) electrons. The SMILES string of the molecule is CN1CCN(c2ncccc2F)CC1. The molecule has 3 nitrogen and oxygen atoms in total. The summed E-state index contributed by atoms with van der Waals surface area (Å²) < 4.78 is 13.4. The van der Waals surface area contributed by atoms with E-state index in [-0.39, 0.29) is 5.82 Å². The zero-order valence-corrected chi connectivity index (χ0v) is 8.28. The topological polar surface area (TPSA) is 19.4 Å². The van der Waals surface area contributed by atoms with E-state index < -0.39 is 0 Å². The molecule has 0 amide bonds. The van der Waals surface area contributed by atoms with Crippen molar-refractivity contribution in [1.82, 2.24) is 9.88 Å². The monoisotopic (exact) mass is 195 g/mol. The molecule has 0 aliphatic carbocycles. The summed E-state index contributed by atoms with van der Waals surface area (Å²) in [4.78, 5) is 8.29. The molecule has 0 aromatic carbocycles. The average Bonchev–Trinajstić information content (AvgIpc) is 2.20. The van der Waals surface area contributed by atoms with Gasteiger partial charge in [0, 0.05) is 32.4 Å². The van der Waals surface area contributed by atoms with E-state index in [4.69, 9.17) is 0 Å². The Kier molecular flexibility index (Phi) is 2.63.